The molecule has 0 aliphatic carbocycles. The highest BCUT2D eigenvalue weighted by molar-refractivity contribution is 5.94. The second-order valence-electron chi connectivity index (χ2n) is 4.65. The predicted octanol–water partition coefficient (Wildman–Crippen LogP) is 2.28. The Morgan fingerprint density at radius 3 is 2.68 bits per heavy atom. The second kappa shape index (κ2) is 5.14. The van der Waals surface area contributed by atoms with Crippen LogP contribution >= 0.6 is 0 Å². The molecule has 5 heteroatoms. The third-order valence-corrected chi connectivity index (χ3v) is 2.75. The monoisotopic (exact) mass is 259 g/mol. The van der Waals surface area contributed by atoms with E-state index in [2.05, 4.69) is 15.3 Å². The number of pyridine rings is 2. The van der Waals surface area contributed by atoms with E-state index in [1.54, 1.807) is 12.3 Å². The van der Waals surface area contributed by atoms with E-state index in [1.165, 1.54) is 12.3 Å². The maximum atomic E-state index is 13.5. The summed E-state index contributed by atoms with van der Waals surface area (Å²) in [6, 6.07) is 6.79. The molecule has 0 aliphatic rings. The molecule has 0 aliphatic heterocycles. The number of amides is 1. The predicted molar refractivity (Wildman–Crippen MR) is 68.9 cm³/mol. The van der Waals surface area contributed by atoms with Crippen LogP contribution in [0.4, 0.5) is 4.39 Å². The number of hydrogen-bond donors (Lipinski definition) is 1. The van der Waals surface area contributed by atoms with Crippen LogP contribution in [0.2, 0.25) is 0 Å². The number of rotatable bonds is 3. The van der Waals surface area contributed by atoms with Gasteiger partial charge in [-0.1, -0.05) is 6.07 Å². The third-order valence-electron chi connectivity index (χ3n) is 2.75. The molecule has 0 saturated carbocycles. The Morgan fingerprint density at radius 1 is 1.26 bits per heavy atom. The zero-order valence-corrected chi connectivity index (χ0v) is 10.7. The fraction of sp³-hybridized carbons (Fsp3) is 0.214. The van der Waals surface area contributed by atoms with E-state index in [4.69, 9.17) is 0 Å². The smallest absolute Gasteiger partial charge is 0.255 e. The number of carbonyl (C=O) groups is 1. The van der Waals surface area contributed by atoms with Crippen LogP contribution in [0.1, 0.15) is 29.9 Å². The molecule has 1 N–H and O–H groups in total. The van der Waals surface area contributed by atoms with Crippen molar-refractivity contribution in [3.63, 3.8) is 0 Å². The van der Waals surface area contributed by atoms with E-state index in [-0.39, 0.29) is 5.56 Å². The summed E-state index contributed by atoms with van der Waals surface area (Å²) in [5, 5.41) is 2.76. The Kier molecular flexibility index (Phi) is 3.55. The fourth-order valence-electron chi connectivity index (χ4n) is 1.71. The van der Waals surface area contributed by atoms with Crippen molar-refractivity contribution in [1.82, 2.24) is 15.3 Å². The first-order valence-electron chi connectivity index (χ1n) is 5.84. The number of carbonyl (C=O) groups excluding carboxylic acids is 1. The number of aromatic nitrogens is 2. The molecule has 4 nitrogen and oxygen atoms in total. The molecule has 98 valence electrons. The molecule has 2 aromatic rings. The molecule has 0 unspecified atom stereocenters. The van der Waals surface area contributed by atoms with Gasteiger partial charge in [-0.15, -0.1) is 0 Å². The molecule has 1 amide bonds. The fourth-order valence-corrected chi connectivity index (χ4v) is 1.71. The molecular weight excluding hydrogens is 245 g/mol. The van der Waals surface area contributed by atoms with Crippen molar-refractivity contribution in [1.29, 1.82) is 0 Å². The zero-order chi connectivity index (χ0) is 13.9. The van der Waals surface area contributed by atoms with Gasteiger partial charge in [-0.2, -0.15) is 0 Å². The van der Waals surface area contributed by atoms with E-state index in [9.17, 15) is 9.18 Å². The summed E-state index contributed by atoms with van der Waals surface area (Å²) in [5.74, 6) is -1.13. The normalized spacial score (nSPS) is 11.1. The number of halogens is 1. The summed E-state index contributed by atoms with van der Waals surface area (Å²) >= 11 is 0. The minimum Gasteiger partial charge on any atom is -0.341 e. The van der Waals surface area contributed by atoms with Crippen molar-refractivity contribution in [2.75, 3.05) is 0 Å². The highest BCUT2D eigenvalue weighted by Gasteiger charge is 2.25. The summed E-state index contributed by atoms with van der Waals surface area (Å²) < 4.78 is 13.5. The maximum Gasteiger partial charge on any atom is 0.255 e. The lowest BCUT2D eigenvalue weighted by Crippen LogP contribution is -2.41. The van der Waals surface area contributed by atoms with Crippen molar-refractivity contribution in [3.8, 4) is 0 Å². The minimum atomic E-state index is -0.686. The molecule has 0 atom stereocenters. The summed E-state index contributed by atoms with van der Waals surface area (Å²) in [7, 11) is 0. The van der Waals surface area contributed by atoms with Crippen LogP contribution in [0.3, 0.4) is 0 Å². The zero-order valence-electron chi connectivity index (χ0n) is 10.7. The van der Waals surface area contributed by atoms with Crippen LogP contribution in [0.5, 0.6) is 0 Å². The Morgan fingerprint density at radius 2 is 2.05 bits per heavy atom. The van der Waals surface area contributed by atoms with Crippen molar-refractivity contribution in [2.45, 2.75) is 19.4 Å². The molecule has 2 rings (SSSR count). The van der Waals surface area contributed by atoms with Crippen molar-refractivity contribution in [2.24, 2.45) is 0 Å². The average molecular weight is 259 g/mol. The van der Waals surface area contributed by atoms with Gasteiger partial charge in [0.15, 0.2) is 5.82 Å². The standard InChI is InChI=1S/C14H14FN3O/c1-14(2,12-5-3-4-7-17-12)18-13(19)10-6-8-16-9-11(10)15/h3-9H,1-2H3,(H,18,19). The molecule has 0 fully saturated rings. The lowest BCUT2D eigenvalue weighted by Gasteiger charge is -2.25. The molecule has 2 heterocycles. The van der Waals surface area contributed by atoms with Crippen LogP contribution in [-0.4, -0.2) is 15.9 Å². The van der Waals surface area contributed by atoms with Crippen molar-refractivity contribution < 1.29 is 9.18 Å². The van der Waals surface area contributed by atoms with E-state index >= 15 is 0 Å². The van der Waals surface area contributed by atoms with Gasteiger partial charge in [-0.3, -0.25) is 14.8 Å². The van der Waals surface area contributed by atoms with Gasteiger partial charge in [0.05, 0.1) is 23.0 Å². The number of hydrogen-bond acceptors (Lipinski definition) is 3. The lowest BCUT2D eigenvalue weighted by molar-refractivity contribution is 0.0906. The lowest BCUT2D eigenvalue weighted by atomic mass is 9.99. The number of nitrogens with one attached hydrogen (secondary N) is 1. The Bertz CT molecular complexity index is 584. The first-order valence-corrected chi connectivity index (χ1v) is 5.84. The van der Waals surface area contributed by atoms with Crippen molar-refractivity contribution >= 4 is 5.91 Å². The van der Waals surface area contributed by atoms with E-state index in [0.717, 1.165) is 6.20 Å². The molecule has 0 bridgehead atoms. The summed E-state index contributed by atoms with van der Waals surface area (Å²) in [4.78, 5) is 19.9. The van der Waals surface area contributed by atoms with Gasteiger partial charge in [0, 0.05) is 12.4 Å². The maximum absolute atomic E-state index is 13.5. The molecule has 0 aromatic carbocycles. The van der Waals surface area contributed by atoms with Crippen LogP contribution in [0, 0.1) is 5.82 Å². The molecule has 0 spiro atoms. The highest BCUT2D eigenvalue weighted by Crippen LogP contribution is 2.18. The average Bonchev–Trinajstić information content (AvgIpc) is 2.39. The topological polar surface area (TPSA) is 54.9 Å². The van der Waals surface area contributed by atoms with Crippen LogP contribution in [0.25, 0.3) is 0 Å². The summed E-state index contributed by atoms with van der Waals surface area (Å²) in [6.45, 7) is 3.62. The molecular formula is C14H14FN3O. The second-order valence-corrected chi connectivity index (χ2v) is 4.65. The van der Waals surface area contributed by atoms with Gasteiger partial charge >= 0.3 is 0 Å². The first kappa shape index (κ1) is 13.1. The van der Waals surface area contributed by atoms with Gasteiger partial charge in [-0.05, 0) is 32.0 Å². The molecule has 2 aromatic heterocycles. The Balaban J connectivity index is 2.22. The van der Waals surface area contributed by atoms with Gasteiger partial charge in [0.1, 0.15) is 0 Å². The number of nitrogens with zero attached hydrogens (tertiary/aromatic N) is 2. The quantitative estimate of drug-likeness (QED) is 0.920. The molecule has 0 radical (unpaired) electrons. The van der Waals surface area contributed by atoms with Gasteiger partial charge < -0.3 is 5.32 Å². The third kappa shape index (κ3) is 2.93. The summed E-state index contributed by atoms with van der Waals surface area (Å²) in [5.41, 5.74) is -0.00884. The van der Waals surface area contributed by atoms with Crippen LogP contribution in [0.15, 0.2) is 42.9 Å². The highest BCUT2D eigenvalue weighted by atomic mass is 19.1. The Labute approximate surface area is 110 Å². The van der Waals surface area contributed by atoms with Crippen LogP contribution < -0.4 is 5.32 Å². The first-order chi connectivity index (χ1) is 9.00. The van der Waals surface area contributed by atoms with E-state index < -0.39 is 17.3 Å². The van der Waals surface area contributed by atoms with Gasteiger partial charge in [0.25, 0.3) is 5.91 Å². The van der Waals surface area contributed by atoms with E-state index in [1.807, 2.05) is 26.0 Å². The Hall–Kier alpha value is -2.30. The SMILES string of the molecule is CC(C)(NC(=O)c1ccncc1F)c1ccccn1. The molecule has 19 heavy (non-hydrogen) atoms. The van der Waals surface area contributed by atoms with Gasteiger partial charge in [0.2, 0.25) is 0 Å². The summed E-state index contributed by atoms with van der Waals surface area (Å²) in [6.07, 6.45) is 4.05. The van der Waals surface area contributed by atoms with E-state index in [0.29, 0.717) is 5.69 Å². The minimum absolute atomic E-state index is 0.0287. The molecule has 0 saturated heterocycles. The van der Waals surface area contributed by atoms with Crippen LogP contribution in [-0.2, 0) is 5.54 Å². The van der Waals surface area contributed by atoms with Gasteiger partial charge in [-0.25, -0.2) is 4.39 Å². The van der Waals surface area contributed by atoms with Crippen molar-refractivity contribution in [3.05, 3.63) is 59.9 Å². The largest absolute Gasteiger partial charge is 0.341 e.